The Hall–Kier alpha value is -2.18. The number of nitrogens with one attached hydrogen (secondary N) is 1. The third kappa shape index (κ3) is 3.92. The molecule has 0 aromatic heterocycles. The topological polar surface area (TPSA) is 66.5 Å². The Morgan fingerprint density at radius 2 is 1.93 bits per heavy atom. The van der Waals surface area contributed by atoms with Crippen LogP contribution >= 0.6 is 0 Å². The highest BCUT2D eigenvalue weighted by Crippen LogP contribution is 2.31. The van der Waals surface area contributed by atoms with Crippen LogP contribution in [0.1, 0.15) is 48.6 Å². The van der Waals surface area contributed by atoms with Crippen molar-refractivity contribution in [2.75, 3.05) is 11.4 Å². The first kappa shape index (κ1) is 19.6. The van der Waals surface area contributed by atoms with Gasteiger partial charge in [0.25, 0.3) is 0 Å². The predicted molar refractivity (Wildman–Crippen MR) is 107 cm³/mol. The number of rotatable bonds is 5. The van der Waals surface area contributed by atoms with Crippen LogP contribution in [0.2, 0.25) is 0 Å². The van der Waals surface area contributed by atoms with Crippen LogP contribution in [0.5, 0.6) is 0 Å². The molecule has 0 saturated carbocycles. The number of fused-ring (bicyclic) bond motifs is 1. The van der Waals surface area contributed by atoms with Crippen LogP contribution in [0.25, 0.3) is 0 Å². The van der Waals surface area contributed by atoms with E-state index in [-0.39, 0.29) is 16.8 Å². The third-order valence-electron chi connectivity index (χ3n) is 5.08. The van der Waals surface area contributed by atoms with Gasteiger partial charge in [-0.3, -0.25) is 4.79 Å². The number of aryl methyl sites for hydroxylation is 2. The fourth-order valence-corrected chi connectivity index (χ4v) is 4.94. The Balaban J connectivity index is 1.84. The molecule has 0 unspecified atom stereocenters. The molecule has 3 rings (SSSR count). The lowest BCUT2D eigenvalue weighted by molar-refractivity contribution is -0.118. The van der Waals surface area contributed by atoms with Gasteiger partial charge in [0.15, 0.2) is 0 Å². The van der Waals surface area contributed by atoms with Crippen LogP contribution in [0.4, 0.5) is 5.69 Å². The molecule has 2 aromatic carbocycles. The van der Waals surface area contributed by atoms with Crippen LogP contribution in [0.3, 0.4) is 0 Å². The number of hydrogen-bond donors (Lipinski definition) is 1. The van der Waals surface area contributed by atoms with Crippen molar-refractivity contribution in [3.63, 3.8) is 0 Å². The number of carbonyl (C=O) groups is 1. The van der Waals surface area contributed by atoms with Crippen LogP contribution < -0.4 is 9.62 Å². The monoisotopic (exact) mass is 386 g/mol. The summed E-state index contributed by atoms with van der Waals surface area (Å²) < 4.78 is 28.5. The molecule has 0 bridgehead atoms. The molecule has 1 heterocycles. The molecule has 27 heavy (non-hydrogen) atoms. The molecule has 0 saturated heterocycles. The second-order valence-electron chi connectivity index (χ2n) is 7.14. The van der Waals surface area contributed by atoms with Gasteiger partial charge in [0.05, 0.1) is 4.90 Å². The molecule has 1 amide bonds. The van der Waals surface area contributed by atoms with E-state index in [0.29, 0.717) is 19.4 Å². The molecule has 0 spiro atoms. The Bertz CT molecular complexity index is 983. The normalized spacial score (nSPS) is 14.9. The van der Waals surface area contributed by atoms with Crippen LogP contribution in [0.15, 0.2) is 41.3 Å². The van der Waals surface area contributed by atoms with Crippen molar-refractivity contribution in [2.45, 2.75) is 51.5 Å². The zero-order valence-corrected chi connectivity index (χ0v) is 17.1. The standard InChI is InChI=1S/C21H26N2O3S/c1-5-21(24)23-11-10-17-13-18(7-9-20(17)23)27(25,26)22-16(4)19-8-6-14(2)12-15(19)3/h6-9,12-13,16,22H,5,10-11H2,1-4H3/t16-/m0/s1. The van der Waals surface area contributed by atoms with Crippen molar-refractivity contribution in [3.05, 3.63) is 58.7 Å². The summed E-state index contributed by atoms with van der Waals surface area (Å²) in [5.74, 6) is 0.0611. The van der Waals surface area contributed by atoms with E-state index in [2.05, 4.69) is 10.8 Å². The Labute approximate surface area is 161 Å². The number of sulfonamides is 1. The van der Waals surface area contributed by atoms with Gasteiger partial charge in [-0.25, -0.2) is 13.1 Å². The Morgan fingerprint density at radius 3 is 2.59 bits per heavy atom. The molecule has 0 radical (unpaired) electrons. The van der Waals surface area contributed by atoms with Gasteiger partial charge in [0, 0.05) is 24.7 Å². The molecule has 144 valence electrons. The maximum atomic E-state index is 12.9. The first-order valence-electron chi connectivity index (χ1n) is 9.25. The summed E-state index contributed by atoms with van der Waals surface area (Å²) >= 11 is 0. The highest BCUT2D eigenvalue weighted by Gasteiger charge is 2.26. The minimum Gasteiger partial charge on any atom is -0.312 e. The highest BCUT2D eigenvalue weighted by atomic mass is 32.2. The SMILES string of the molecule is CCC(=O)N1CCc2cc(S(=O)(=O)N[C@@H](C)c3ccc(C)cc3C)ccc21. The van der Waals surface area contributed by atoms with Gasteiger partial charge in [-0.15, -0.1) is 0 Å². The van der Waals surface area contributed by atoms with Gasteiger partial charge < -0.3 is 4.90 Å². The third-order valence-corrected chi connectivity index (χ3v) is 6.62. The van der Waals surface area contributed by atoms with Gasteiger partial charge in [0.2, 0.25) is 15.9 Å². The van der Waals surface area contributed by atoms with E-state index in [9.17, 15) is 13.2 Å². The lowest BCUT2D eigenvalue weighted by Gasteiger charge is -2.19. The van der Waals surface area contributed by atoms with E-state index in [1.807, 2.05) is 39.8 Å². The van der Waals surface area contributed by atoms with Gasteiger partial charge in [-0.2, -0.15) is 0 Å². The van der Waals surface area contributed by atoms with E-state index in [1.165, 1.54) is 0 Å². The number of amides is 1. The van der Waals surface area contributed by atoms with E-state index in [1.54, 1.807) is 23.1 Å². The summed E-state index contributed by atoms with van der Waals surface area (Å²) in [5.41, 5.74) is 4.90. The maximum absolute atomic E-state index is 12.9. The number of nitrogens with zero attached hydrogens (tertiary/aromatic N) is 1. The van der Waals surface area contributed by atoms with E-state index in [4.69, 9.17) is 0 Å². The maximum Gasteiger partial charge on any atom is 0.241 e. The van der Waals surface area contributed by atoms with Crippen molar-refractivity contribution >= 4 is 21.6 Å². The average Bonchev–Trinajstić information content (AvgIpc) is 3.03. The molecule has 1 N–H and O–H groups in total. The predicted octanol–water partition coefficient (Wildman–Crippen LogP) is 3.64. The fourth-order valence-electron chi connectivity index (χ4n) is 3.67. The summed E-state index contributed by atoms with van der Waals surface area (Å²) in [6.07, 6.45) is 1.12. The van der Waals surface area contributed by atoms with Gasteiger partial charge in [-0.05, 0) is 62.1 Å². The molecule has 6 heteroatoms. The first-order valence-corrected chi connectivity index (χ1v) is 10.7. The molecule has 1 atom stereocenters. The fraction of sp³-hybridized carbons (Fsp3) is 0.381. The lowest BCUT2D eigenvalue weighted by atomic mass is 10.0. The molecule has 2 aromatic rings. The van der Waals surface area contributed by atoms with Crippen molar-refractivity contribution in [1.82, 2.24) is 4.72 Å². The molecular weight excluding hydrogens is 360 g/mol. The molecule has 0 fully saturated rings. The summed E-state index contributed by atoms with van der Waals surface area (Å²) in [5, 5.41) is 0. The van der Waals surface area contributed by atoms with Crippen LogP contribution in [-0.2, 0) is 21.2 Å². The quantitative estimate of drug-likeness (QED) is 0.853. The van der Waals surface area contributed by atoms with Crippen molar-refractivity contribution < 1.29 is 13.2 Å². The van der Waals surface area contributed by atoms with E-state index >= 15 is 0 Å². The van der Waals surface area contributed by atoms with Crippen molar-refractivity contribution in [1.29, 1.82) is 0 Å². The lowest BCUT2D eigenvalue weighted by Crippen LogP contribution is -2.28. The van der Waals surface area contributed by atoms with Crippen LogP contribution in [-0.4, -0.2) is 20.9 Å². The highest BCUT2D eigenvalue weighted by molar-refractivity contribution is 7.89. The molecular formula is C21H26N2O3S. The number of hydrogen-bond acceptors (Lipinski definition) is 3. The number of benzene rings is 2. The summed E-state index contributed by atoms with van der Waals surface area (Å²) in [6.45, 7) is 8.30. The van der Waals surface area contributed by atoms with Gasteiger partial charge in [-0.1, -0.05) is 30.7 Å². The Kier molecular flexibility index (Phi) is 5.40. The largest absolute Gasteiger partial charge is 0.312 e. The Morgan fingerprint density at radius 1 is 1.19 bits per heavy atom. The van der Waals surface area contributed by atoms with Crippen molar-refractivity contribution in [3.8, 4) is 0 Å². The zero-order valence-electron chi connectivity index (χ0n) is 16.2. The first-order chi connectivity index (χ1) is 12.7. The van der Waals surface area contributed by atoms with Gasteiger partial charge >= 0.3 is 0 Å². The second kappa shape index (κ2) is 7.44. The van der Waals surface area contributed by atoms with Crippen LogP contribution in [0, 0.1) is 13.8 Å². The van der Waals surface area contributed by atoms with Gasteiger partial charge in [0.1, 0.15) is 0 Å². The van der Waals surface area contributed by atoms with E-state index in [0.717, 1.165) is 27.9 Å². The van der Waals surface area contributed by atoms with E-state index < -0.39 is 10.0 Å². The minimum atomic E-state index is -3.65. The molecule has 0 aliphatic carbocycles. The molecule has 5 nitrogen and oxygen atoms in total. The minimum absolute atomic E-state index is 0.0611. The molecule has 1 aliphatic rings. The second-order valence-corrected chi connectivity index (χ2v) is 8.86. The molecule has 1 aliphatic heterocycles. The number of anilines is 1. The summed E-state index contributed by atoms with van der Waals surface area (Å²) in [4.78, 5) is 14.0. The smallest absolute Gasteiger partial charge is 0.241 e. The zero-order chi connectivity index (χ0) is 19.8. The summed E-state index contributed by atoms with van der Waals surface area (Å²) in [7, 11) is -3.65. The summed E-state index contributed by atoms with van der Waals surface area (Å²) in [6, 6.07) is 10.7. The average molecular weight is 387 g/mol. The van der Waals surface area contributed by atoms with Crippen molar-refractivity contribution in [2.24, 2.45) is 0 Å². The number of carbonyl (C=O) groups excluding carboxylic acids is 1.